The molecule has 4 fully saturated rings. The van der Waals surface area contributed by atoms with Gasteiger partial charge in [0.05, 0.1) is 23.5 Å². The quantitative estimate of drug-likeness (QED) is 0.687. The van der Waals surface area contributed by atoms with E-state index >= 15 is 0 Å². The molecule has 0 bridgehead atoms. The first-order valence-electron chi connectivity index (χ1n) is 11.2. The van der Waals surface area contributed by atoms with E-state index in [1.54, 1.807) is 9.80 Å². The summed E-state index contributed by atoms with van der Waals surface area (Å²) in [5.41, 5.74) is -1.11. The second kappa shape index (κ2) is 7.50. The van der Waals surface area contributed by atoms with Crippen LogP contribution >= 0.6 is 0 Å². The van der Waals surface area contributed by atoms with Crippen LogP contribution in [0.4, 0.5) is 22.8 Å². The standard InChI is InChI=1S/C22H26F3N3O5S/c1-34(31,32)17-3-2-14(7-16(17)22(23,24)25)6-15-4-5-20(8-15)9-27(10-20)19(30)28-11-21(12-28)13-33-18(29)26-21/h2-3,7,15H,4-6,8-13H2,1H3,(H,26,29). The number of hydrogen-bond acceptors (Lipinski definition) is 5. The Morgan fingerprint density at radius 2 is 1.88 bits per heavy atom. The number of nitrogens with one attached hydrogen (secondary N) is 1. The van der Waals surface area contributed by atoms with Gasteiger partial charge in [0.1, 0.15) is 12.1 Å². The number of nitrogens with zero attached hydrogens (tertiary/aromatic N) is 2. The van der Waals surface area contributed by atoms with E-state index in [1.807, 2.05) is 0 Å². The van der Waals surface area contributed by atoms with Crippen molar-refractivity contribution in [1.29, 1.82) is 0 Å². The number of alkyl halides is 3. The Labute approximate surface area is 195 Å². The maximum atomic E-state index is 13.5. The van der Waals surface area contributed by atoms with Crippen molar-refractivity contribution in [3.05, 3.63) is 29.3 Å². The van der Waals surface area contributed by atoms with Crippen molar-refractivity contribution in [1.82, 2.24) is 15.1 Å². The normalized spacial score (nSPS) is 25.2. The molecule has 3 heterocycles. The van der Waals surface area contributed by atoms with Crippen molar-refractivity contribution in [2.24, 2.45) is 11.3 Å². The Balaban J connectivity index is 1.17. The van der Waals surface area contributed by atoms with Gasteiger partial charge in [-0.2, -0.15) is 13.2 Å². The van der Waals surface area contributed by atoms with Gasteiger partial charge in [-0.15, -0.1) is 0 Å². The Hall–Kier alpha value is -2.50. The third kappa shape index (κ3) is 4.09. The monoisotopic (exact) mass is 501 g/mol. The number of sulfone groups is 1. The van der Waals surface area contributed by atoms with Crippen molar-refractivity contribution in [2.75, 3.05) is 39.0 Å². The lowest BCUT2D eigenvalue weighted by Crippen LogP contribution is -2.73. The molecule has 1 aliphatic carbocycles. The molecular weight excluding hydrogens is 475 g/mol. The molecule has 1 aromatic carbocycles. The molecule has 0 aromatic heterocycles. The van der Waals surface area contributed by atoms with Crippen LogP contribution in [-0.2, 0) is 27.2 Å². The molecule has 1 aromatic rings. The first kappa shape index (κ1) is 23.3. The van der Waals surface area contributed by atoms with Crippen molar-refractivity contribution < 1.29 is 35.9 Å². The van der Waals surface area contributed by atoms with Crippen molar-refractivity contribution >= 4 is 22.0 Å². The molecule has 3 amide bonds. The lowest BCUT2D eigenvalue weighted by atomic mass is 9.77. The molecule has 1 unspecified atom stereocenters. The lowest BCUT2D eigenvalue weighted by Gasteiger charge is -2.54. The first-order chi connectivity index (χ1) is 15.8. The van der Waals surface area contributed by atoms with Gasteiger partial charge in [-0.1, -0.05) is 6.07 Å². The number of benzene rings is 1. The number of carbonyl (C=O) groups is 2. The smallest absolute Gasteiger partial charge is 0.417 e. The third-order valence-electron chi connectivity index (χ3n) is 7.51. The van der Waals surface area contributed by atoms with Crippen LogP contribution in [0.1, 0.15) is 30.4 Å². The second-order valence-corrected chi connectivity index (χ2v) is 12.4. The fraction of sp³-hybridized carbons (Fsp3) is 0.636. The topological polar surface area (TPSA) is 96.0 Å². The number of likely N-dealkylation sites (tertiary alicyclic amines) is 2. The zero-order valence-electron chi connectivity index (χ0n) is 18.7. The predicted octanol–water partition coefficient (Wildman–Crippen LogP) is 2.67. The molecular formula is C22H26F3N3O5S. The van der Waals surface area contributed by atoms with Crippen LogP contribution in [0.25, 0.3) is 0 Å². The van der Waals surface area contributed by atoms with E-state index in [0.717, 1.165) is 37.7 Å². The zero-order chi connectivity index (χ0) is 24.5. The van der Waals surface area contributed by atoms with Gasteiger partial charge in [0, 0.05) is 24.8 Å². The van der Waals surface area contributed by atoms with Gasteiger partial charge in [-0.3, -0.25) is 0 Å². The number of halogens is 3. The fourth-order valence-corrected chi connectivity index (χ4v) is 6.84. The van der Waals surface area contributed by atoms with Crippen molar-refractivity contribution in [3.63, 3.8) is 0 Å². The molecule has 8 nitrogen and oxygen atoms in total. The van der Waals surface area contributed by atoms with Gasteiger partial charge < -0.3 is 19.9 Å². The summed E-state index contributed by atoms with van der Waals surface area (Å²) >= 11 is 0. The lowest BCUT2D eigenvalue weighted by molar-refractivity contribution is -0.139. The number of ether oxygens (including phenoxy) is 1. The second-order valence-electron chi connectivity index (χ2n) is 10.4. The number of hydrogen-bond donors (Lipinski definition) is 1. The Bertz CT molecular complexity index is 1140. The summed E-state index contributed by atoms with van der Waals surface area (Å²) in [6.45, 7) is 2.36. The summed E-state index contributed by atoms with van der Waals surface area (Å²) in [7, 11) is -3.99. The maximum absolute atomic E-state index is 13.5. The number of carbonyl (C=O) groups excluding carboxylic acids is 2. The maximum Gasteiger partial charge on any atom is 0.417 e. The van der Waals surface area contributed by atoms with E-state index in [1.165, 1.54) is 6.07 Å². The van der Waals surface area contributed by atoms with Gasteiger partial charge >= 0.3 is 18.3 Å². The van der Waals surface area contributed by atoms with Crippen molar-refractivity contribution in [3.8, 4) is 0 Å². The minimum Gasteiger partial charge on any atom is -0.447 e. The Morgan fingerprint density at radius 1 is 1.21 bits per heavy atom. The van der Waals surface area contributed by atoms with Crippen LogP contribution in [0.2, 0.25) is 0 Å². The molecule has 5 rings (SSSR count). The molecule has 3 aliphatic heterocycles. The molecule has 186 valence electrons. The third-order valence-corrected chi connectivity index (χ3v) is 8.66. The van der Waals surface area contributed by atoms with E-state index in [0.29, 0.717) is 38.2 Å². The minimum absolute atomic E-state index is 0.00682. The number of amides is 3. The number of rotatable bonds is 3. The van der Waals surface area contributed by atoms with E-state index in [2.05, 4.69) is 5.32 Å². The molecule has 2 spiro atoms. The minimum atomic E-state index is -4.75. The van der Waals surface area contributed by atoms with E-state index in [9.17, 15) is 31.2 Å². The van der Waals surface area contributed by atoms with Crippen LogP contribution in [0, 0.1) is 11.3 Å². The van der Waals surface area contributed by atoms with Gasteiger partial charge in [0.15, 0.2) is 9.84 Å². The van der Waals surface area contributed by atoms with E-state index < -0.39 is 38.1 Å². The Kier molecular flexibility index (Phi) is 5.13. The molecule has 12 heteroatoms. The van der Waals surface area contributed by atoms with E-state index in [4.69, 9.17) is 4.74 Å². The zero-order valence-corrected chi connectivity index (χ0v) is 19.5. The summed E-state index contributed by atoms with van der Waals surface area (Å²) in [5, 5.41) is 2.75. The highest BCUT2D eigenvalue weighted by atomic mass is 32.2. The van der Waals surface area contributed by atoms with Gasteiger partial charge in [0.2, 0.25) is 0 Å². The Morgan fingerprint density at radius 3 is 2.47 bits per heavy atom. The van der Waals surface area contributed by atoms with Crippen LogP contribution in [-0.4, -0.2) is 74.9 Å². The average Bonchev–Trinajstić information content (AvgIpc) is 3.28. The van der Waals surface area contributed by atoms with E-state index in [-0.39, 0.29) is 24.0 Å². The fourth-order valence-electron chi connectivity index (χ4n) is 5.95. The molecule has 1 atom stereocenters. The summed E-state index contributed by atoms with van der Waals surface area (Å²) < 4.78 is 68.9. The number of cyclic esters (lactones) is 1. The average molecular weight is 502 g/mol. The molecule has 34 heavy (non-hydrogen) atoms. The summed E-state index contributed by atoms with van der Waals surface area (Å²) in [6.07, 6.45) is -1.41. The van der Waals surface area contributed by atoms with Gasteiger partial charge in [0.25, 0.3) is 0 Å². The molecule has 3 saturated heterocycles. The summed E-state index contributed by atoms with van der Waals surface area (Å²) in [5.74, 6) is 0.181. The van der Waals surface area contributed by atoms with Gasteiger partial charge in [-0.05, 0) is 49.3 Å². The van der Waals surface area contributed by atoms with Gasteiger partial charge in [-0.25, -0.2) is 18.0 Å². The molecule has 0 radical (unpaired) electrons. The largest absolute Gasteiger partial charge is 0.447 e. The van der Waals surface area contributed by atoms with Crippen LogP contribution in [0.3, 0.4) is 0 Å². The first-order valence-corrected chi connectivity index (χ1v) is 13.1. The predicted molar refractivity (Wildman–Crippen MR) is 114 cm³/mol. The van der Waals surface area contributed by atoms with Crippen molar-refractivity contribution in [2.45, 2.75) is 42.3 Å². The highest BCUT2D eigenvalue weighted by Gasteiger charge is 2.55. The SMILES string of the molecule is CS(=O)(=O)c1ccc(CC2CCC3(C2)CN(C(=O)N2CC4(COC(=O)N4)C2)C3)cc1C(F)(F)F. The molecule has 4 aliphatic rings. The van der Waals surface area contributed by atoms with Crippen LogP contribution in [0.5, 0.6) is 0 Å². The molecule has 1 N–H and O–H groups in total. The molecule has 1 saturated carbocycles. The number of urea groups is 1. The van der Waals surface area contributed by atoms with Crippen LogP contribution < -0.4 is 5.32 Å². The highest BCUT2D eigenvalue weighted by Crippen LogP contribution is 2.50. The number of alkyl carbamates (subject to hydrolysis) is 1. The van der Waals surface area contributed by atoms with Crippen LogP contribution in [0.15, 0.2) is 23.1 Å². The summed E-state index contributed by atoms with van der Waals surface area (Å²) in [4.78, 5) is 26.8. The summed E-state index contributed by atoms with van der Waals surface area (Å²) in [6, 6.07) is 3.42. The highest BCUT2D eigenvalue weighted by molar-refractivity contribution is 7.90.